The lowest BCUT2D eigenvalue weighted by Gasteiger charge is -2.25. The number of hydrogen-bond donors (Lipinski definition) is 0. The van der Waals surface area contributed by atoms with Crippen molar-refractivity contribution in [2.75, 3.05) is 14.2 Å². The smallest absolute Gasteiger partial charge is 0.166 e. The summed E-state index contributed by atoms with van der Waals surface area (Å²) in [5, 5.41) is 4.85. The monoisotopic (exact) mass is 491 g/mol. The molecule has 7 heteroatoms. The van der Waals surface area contributed by atoms with Crippen LogP contribution in [0.1, 0.15) is 39.6 Å². The summed E-state index contributed by atoms with van der Waals surface area (Å²) in [4.78, 5) is 17.8. The molecule has 0 bridgehead atoms. The molecule has 0 N–H and O–H groups in total. The van der Waals surface area contributed by atoms with Gasteiger partial charge in [-0.1, -0.05) is 46.3 Å². The van der Waals surface area contributed by atoms with Crippen LogP contribution in [0, 0.1) is 0 Å². The summed E-state index contributed by atoms with van der Waals surface area (Å²) in [5.74, 6) is 0.892. The Bertz CT molecular complexity index is 1310. The van der Waals surface area contributed by atoms with Gasteiger partial charge in [-0.15, -0.1) is 0 Å². The van der Waals surface area contributed by atoms with Crippen LogP contribution in [0.15, 0.2) is 59.2 Å². The van der Waals surface area contributed by atoms with Crippen molar-refractivity contribution >= 4 is 27.4 Å². The van der Waals surface area contributed by atoms with E-state index in [0.717, 1.165) is 43.9 Å². The number of rotatable bonds is 5. The lowest BCUT2D eigenvalue weighted by molar-refractivity contribution is 0.0961. The molecule has 0 saturated heterocycles. The summed E-state index contributed by atoms with van der Waals surface area (Å²) in [6, 6.07) is 16.0. The van der Waals surface area contributed by atoms with E-state index in [9.17, 15) is 4.79 Å². The average molecular weight is 492 g/mol. The maximum Gasteiger partial charge on any atom is 0.166 e. The molecule has 0 fully saturated rings. The fourth-order valence-electron chi connectivity index (χ4n) is 4.52. The number of Topliss-reactive ketones (excluding diaryl/α,β-unsaturated/α-hetero) is 1. The van der Waals surface area contributed by atoms with Gasteiger partial charge in [0.05, 0.1) is 36.2 Å². The summed E-state index contributed by atoms with van der Waals surface area (Å²) in [7, 11) is 3.31. The summed E-state index contributed by atoms with van der Waals surface area (Å²) in [6.07, 6.45) is 2.80. The molecule has 0 amide bonds. The maximum absolute atomic E-state index is 13.1. The number of hydrogen-bond acceptors (Lipinski definition) is 5. The third-order valence-electron chi connectivity index (χ3n) is 5.98. The summed E-state index contributed by atoms with van der Waals surface area (Å²) in [6.45, 7) is 0.355. The first-order valence-corrected chi connectivity index (χ1v) is 11.2. The van der Waals surface area contributed by atoms with E-state index in [1.807, 2.05) is 53.0 Å². The maximum atomic E-state index is 13.1. The zero-order chi connectivity index (χ0) is 22.2. The number of fused-ring (bicyclic) bond motifs is 3. The molecular weight excluding hydrogens is 470 g/mol. The van der Waals surface area contributed by atoms with Crippen LogP contribution in [-0.2, 0) is 17.8 Å². The highest BCUT2D eigenvalue weighted by atomic mass is 79.9. The molecule has 0 aliphatic heterocycles. The highest BCUT2D eigenvalue weighted by molar-refractivity contribution is 9.10. The molecule has 0 unspecified atom stereocenters. The molecule has 1 atom stereocenters. The minimum atomic E-state index is 0.0166. The fourth-order valence-corrected chi connectivity index (χ4v) is 4.78. The first-order chi connectivity index (χ1) is 15.6. The molecule has 0 saturated carbocycles. The summed E-state index contributed by atoms with van der Waals surface area (Å²) < 4.78 is 13.8. The fraction of sp³-hybridized carbons (Fsp3) is 0.240. The number of aromatic nitrogens is 3. The molecule has 5 rings (SSSR count). The number of para-hydroxylation sites is 1. The Morgan fingerprint density at radius 1 is 1.09 bits per heavy atom. The lowest BCUT2D eigenvalue weighted by Crippen LogP contribution is -2.23. The second kappa shape index (κ2) is 8.48. The van der Waals surface area contributed by atoms with Gasteiger partial charge in [-0.25, -0.2) is 9.50 Å². The van der Waals surface area contributed by atoms with Gasteiger partial charge >= 0.3 is 0 Å². The van der Waals surface area contributed by atoms with Gasteiger partial charge in [0.15, 0.2) is 11.4 Å². The molecule has 32 heavy (non-hydrogen) atoms. The van der Waals surface area contributed by atoms with Crippen LogP contribution in [-0.4, -0.2) is 34.6 Å². The molecule has 2 aromatic heterocycles. The van der Waals surface area contributed by atoms with Crippen LogP contribution in [0.3, 0.4) is 0 Å². The van der Waals surface area contributed by atoms with Crippen LogP contribution in [0.4, 0.5) is 0 Å². The van der Waals surface area contributed by atoms with Crippen LogP contribution >= 0.6 is 15.9 Å². The van der Waals surface area contributed by atoms with Crippen molar-refractivity contribution in [3.8, 4) is 16.9 Å². The van der Waals surface area contributed by atoms with E-state index in [0.29, 0.717) is 25.0 Å². The van der Waals surface area contributed by atoms with Crippen molar-refractivity contribution < 1.29 is 14.3 Å². The standard InChI is InChI=1S/C25H22BrN3O3/c1-31-14-20-24(15-7-9-17(26)10-8-15)25-27-13-19-21(29(25)28-20)11-16(12-22(19)30)18-5-3-4-6-23(18)32-2/h3-10,13,16H,11-12,14H2,1-2H3/t16-/m1/s1. The van der Waals surface area contributed by atoms with E-state index in [2.05, 4.69) is 20.9 Å². The van der Waals surface area contributed by atoms with Gasteiger partial charge in [0, 0.05) is 30.1 Å². The number of ether oxygens (including phenoxy) is 2. The number of carbonyl (C=O) groups is 1. The second-order valence-electron chi connectivity index (χ2n) is 7.89. The Balaban J connectivity index is 1.68. The van der Waals surface area contributed by atoms with Crippen LogP contribution < -0.4 is 4.74 Å². The van der Waals surface area contributed by atoms with Crippen molar-refractivity contribution in [1.82, 2.24) is 14.6 Å². The van der Waals surface area contributed by atoms with Crippen molar-refractivity contribution in [1.29, 1.82) is 0 Å². The number of methoxy groups -OCH3 is 2. The molecule has 162 valence electrons. The van der Waals surface area contributed by atoms with Crippen LogP contribution in [0.25, 0.3) is 16.8 Å². The highest BCUT2D eigenvalue weighted by Crippen LogP contribution is 2.38. The second-order valence-corrected chi connectivity index (χ2v) is 8.80. The Labute approximate surface area is 194 Å². The molecule has 6 nitrogen and oxygen atoms in total. The van der Waals surface area contributed by atoms with Crippen molar-refractivity contribution in [3.63, 3.8) is 0 Å². The van der Waals surface area contributed by atoms with Gasteiger partial charge in [-0.2, -0.15) is 5.10 Å². The number of nitrogens with zero attached hydrogens (tertiary/aromatic N) is 3. The number of halogens is 1. The number of benzene rings is 2. The van der Waals surface area contributed by atoms with Crippen LogP contribution in [0.2, 0.25) is 0 Å². The van der Waals surface area contributed by atoms with E-state index >= 15 is 0 Å². The third-order valence-corrected chi connectivity index (χ3v) is 6.51. The number of ketones is 1. The van der Waals surface area contributed by atoms with Gasteiger partial charge < -0.3 is 9.47 Å². The Kier molecular flexibility index (Phi) is 5.53. The minimum Gasteiger partial charge on any atom is -0.496 e. The van der Waals surface area contributed by atoms with Gasteiger partial charge in [-0.05, 0) is 35.7 Å². The molecule has 1 aliphatic carbocycles. The van der Waals surface area contributed by atoms with Crippen LogP contribution in [0.5, 0.6) is 5.75 Å². The number of carbonyl (C=O) groups excluding carboxylic acids is 1. The Morgan fingerprint density at radius 2 is 1.88 bits per heavy atom. The average Bonchev–Trinajstić information content (AvgIpc) is 3.18. The normalized spacial score (nSPS) is 15.7. The zero-order valence-electron chi connectivity index (χ0n) is 17.8. The van der Waals surface area contributed by atoms with Crippen molar-refractivity contribution in [3.05, 3.63) is 81.7 Å². The van der Waals surface area contributed by atoms with Gasteiger partial charge in [0.1, 0.15) is 5.75 Å². The van der Waals surface area contributed by atoms with E-state index < -0.39 is 0 Å². The molecule has 2 aromatic carbocycles. The largest absolute Gasteiger partial charge is 0.496 e. The van der Waals surface area contributed by atoms with Gasteiger partial charge in [0.2, 0.25) is 0 Å². The summed E-state index contributed by atoms with van der Waals surface area (Å²) in [5.41, 5.74) is 6.01. The van der Waals surface area contributed by atoms with Crippen molar-refractivity contribution in [2.45, 2.75) is 25.4 Å². The minimum absolute atomic E-state index is 0.0166. The Morgan fingerprint density at radius 3 is 2.62 bits per heavy atom. The van der Waals surface area contributed by atoms with E-state index in [1.54, 1.807) is 20.4 Å². The first-order valence-electron chi connectivity index (χ1n) is 10.4. The predicted molar refractivity (Wildman–Crippen MR) is 125 cm³/mol. The quantitative estimate of drug-likeness (QED) is 0.382. The van der Waals surface area contributed by atoms with E-state index in [-0.39, 0.29) is 11.7 Å². The van der Waals surface area contributed by atoms with Gasteiger partial charge in [-0.3, -0.25) is 4.79 Å². The Hall–Kier alpha value is -3.03. The SMILES string of the molecule is COCc1nn2c3c(cnc2c1-c1ccc(Br)cc1)C(=O)C[C@H](c1ccccc1OC)C3. The third kappa shape index (κ3) is 3.51. The van der Waals surface area contributed by atoms with E-state index in [4.69, 9.17) is 14.6 Å². The molecular formula is C25H22BrN3O3. The highest BCUT2D eigenvalue weighted by Gasteiger charge is 2.31. The molecule has 2 heterocycles. The molecule has 1 aliphatic rings. The molecule has 4 aromatic rings. The van der Waals surface area contributed by atoms with E-state index in [1.165, 1.54) is 0 Å². The molecule has 0 radical (unpaired) electrons. The first kappa shape index (κ1) is 20.8. The topological polar surface area (TPSA) is 65.7 Å². The molecule has 0 spiro atoms. The predicted octanol–water partition coefficient (Wildman–Crippen LogP) is 5.23. The van der Waals surface area contributed by atoms with Crippen molar-refractivity contribution in [2.24, 2.45) is 0 Å². The zero-order valence-corrected chi connectivity index (χ0v) is 19.4. The summed E-state index contributed by atoms with van der Waals surface area (Å²) >= 11 is 3.50. The van der Waals surface area contributed by atoms with Gasteiger partial charge in [0.25, 0.3) is 0 Å². The lowest BCUT2D eigenvalue weighted by atomic mass is 9.81.